The molecule has 2 fully saturated rings. The minimum atomic E-state index is 0.184. The van der Waals surface area contributed by atoms with Crippen molar-refractivity contribution in [1.29, 1.82) is 0 Å². The molecule has 1 atom stereocenters. The van der Waals surface area contributed by atoms with E-state index in [2.05, 4.69) is 26.9 Å². The maximum Gasteiger partial charge on any atom is 0.228 e. The molecule has 2 aliphatic rings. The molecule has 1 aromatic carbocycles. The summed E-state index contributed by atoms with van der Waals surface area (Å²) in [6.07, 6.45) is 5.47. The first-order valence-electron chi connectivity index (χ1n) is 11.9. The van der Waals surface area contributed by atoms with Gasteiger partial charge in [-0.3, -0.25) is 14.5 Å². The van der Waals surface area contributed by atoms with E-state index in [1.54, 1.807) is 11.3 Å². The lowest BCUT2D eigenvalue weighted by atomic mass is 9.99. The SMILES string of the molecule is Cc1nc(CC(=O)N2CCCC[C@@H]2CCOc2ccc(CN3CCN(C=O)CC3)cc2)cs1. The fraction of sp³-hybridized carbons (Fsp3) is 0.560. The Balaban J connectivity index is 1.22. The van der Waals surface area contributed by atoms with Crippen molar-refractivity contribution < 1.29 is 14.3 Å². The number of hydrogen-bond acceptors (Lipinski definition) is 6. The number of aromatic nitrogens is 1. The van der Waals surface area contributed by atoms with Gasteiger partial charge in [0.2, 0.25) is 12.3 Å². The third kappa shape index (κ3) is 6.77. The third-order valence-corrected chi connectivity index (χ3v) is 7.37. The van der Waals surface area contributed by atoms with Crippen molar-refractivity contribution in [1.82, 2.24) is 19.7 Å². The van der Waals surface area contributed by atoms with Crippen LogP contribution in [0.4, 0.5) is 0 Å². The second-order valence-corrected chi connectivity index (χ2v) is 10.0. The van der Waals surface area contributed by atoms with Crippen LogP contribution in [0.15, 0.2) is 29.6 Å². The van der Waals surface area contributed by atoms with Crippen LogP contribution in [0.3, 0.4) is 0 Å². The van der Waals surface area contributed by atoms with Crippen molar-refractivity contribution in [2.45, 2.75) is 51.6 Å². The number of carbonyl (C=O) groups is 2. The highest BCUT2D eigenvalue weighted by molar-refractivity contribution is 7.09. The molecule has 2 amide bonds. The van der Waals surface area contributed by atoms with Gasteiger partial charge in [-0.05, 0) is 43.9 Å². The molecule has 0 N–H and O–H groups in total. The molecule has 7 nitrogen and oxygen atoms in total. The van der Waals surface area contributed by atoms with Crippen LogP contribution in [0.2, 0.25) is 0 Å². The summed E-state index contributed by atoms with van der Waals surface area (Å²) in [5.41, 5.74) is 2.14. The molecule has 2 saturated heterocycles. The first kappa shape index (κ1) is 23.7. The summed E-state index contributed by atoms with van der Waals surface area (Å²) in [6.45, 7) is 7.74. The maximum absolute atomic E-state index is 12.9. The van der Waals surface area contributed by atoms with Gasteiger partial charge in [-0.1, -0.05) is 12.1 Å². The summed E-state index contributed by atoms with van der Waals surface area (Å²) in [4.78, 5) is 34.4. The summed E-state index contributed by atoms with van der Waals surface area (Å²) in [5.74, 6) is 1.06. The minimum Gasteiger partial charge on any atom is -0.494 e. The second-order valence-electron chi connectivity index (χ2n) is 8.97. The first-order valence-corrected chi connectivity index (χ1v) is 12.8. The third-order valence-electron chi connectivity index (χ3n) is 6.55. The van der Waals surface area contributed by atoms with E-state index in [0.29, 0.717) is 13.0 Å². The van der Waals surface area contributed by atoms with Crippen LogP contribution in [0.5, 0.6) is 5.75 Å². The number of aryl methyl sites for hydroxylation is 1. The van der Waals surface area contributed by atoms with E-state index in [9.17, 15) is 9.59 Å². The average Bonchev–Trinajstić information content (AvgIpc) is 3.25. The Morgan fingerprint density at radius 3 is 2.64 bits per heavy atom. The summed E-state index contributed by atoms with van der Waals surface area (Å²) in [7, 11) is 0. The number of nitrogens with zero attached hydrogens (tertiary/aromatic N) is 4. The van der Waals surface area contributed by atoms with Gasteiger partial charge in [-0.15, -0.1) is 11.3 Å². The second kappa shape index (κ2) is 11.6. The average molecular weight is 471 g/mol. The van der Waals surface area contributed by atoms with Gasteiger partial charge in [0, 0.05) is 57.1 Å². The lowest BCUT2D eigenvalue weighted by molar-refractivity contribution is -0.134. The number of benzene rings is 1. The summed E-state index contributed by atoms with van der Waals surface area (Å²) in [5, 5.41) is 3.00. The van der Waals surface area contributed by atoms with Gasteiger partial charge < -0.3 is 14.5 Å². The molecule has 3 heterocycles. The Morgan fingerprint density at radius 1 is 1.15 bits per heavy atom. The Bertz CT molecular complexity index is 909. The predicted molar refractivity (Wildman–Crippen MR) is 129 cm³/mol. The van der Waals surface area contributed by atoms with Crippen LogP contribution in [-0.2, 0) is 22.6 Å². The number of rotatable bonds is 9. The molecule has 0 radical (unpaired) electrons. The number of piperazine rings is 1. The van der Waals surface area contributed by atoms with Crippen LogP contribution in [0.1, 0.15) is 41.9 Å². The molecule has 2 aromatic rings. The van der Waals surface area contributed by atoms with E-state index in [4.69, 9.17) is 4.74 Å². The lowest BCUT2D eigenvalue weighted by Crippen LogP contribution is -2.45. The highest BCUT2D eigenvalue weighted by Crippen LogP contribution is 2.22. The van der Waals surface area contributed by atoms with Crippen molar-refractivity contribution in [3.8, 4) is 5.75 Å². The molecule has 0 bridgehead atoms. The summed E-state index contributed by atoms with van der Waals surface area (Å²) < 4.78 is 6.02. The van der Waals surface area contributed by atoms with E-state index in [-0.39, 0.29) is 11.9 Å². The highest BCUT2D eigenvalue weighted by atomic mass is 32.1. The molecule has 178 valence electrons. The van der Waals surface area contributed by atoms with Crippen LogP contribution in [0, 0.1) is 6.92 Å². The summed E-state index contributed by atoms with van der Waals surface area (Å²) >= 11 is 1.60. The van der Waals surface area contributed by atoms with Gasteiger partial charge >= 0.3 is 0 Å². The molecule has 2 aliphatic heterocycles. The number of piperidine rings is 1. The van der Waals surface area contributed by atoms with Gasteiger partial charge in [-0.2, -0.15) is 0 Å². The zero-order valence-corrected chi connectivity index (χ0v) is 20.3. The van der Waals surface area contributed by atoms with Gasteiger partial charge in [-0.25, -0.2) is 4.98 Å². The van der Waals surface area contributed by atoms with Crippen molar-refractivity contribution in [3.63, 3.8) is 0 Å². The maximum atomic E-state index is 12.9. The lowest BCUT2D eigenvalue weighted by Gasteiger charge is -2.35. The largest absolute Gasteiger partial charge is 0.494 e. The van der Waals surface area contributed by atoms with Gasteiger partial charge in [0.15, 0.2) is 0 Å². The smallest absolute Gasteiger partial charge is 0.228 e. The number of carbonyl (C=O) groups excluding carboxylic acids is 2. The number of thiazole rings is 1. The first-order chi connectivity index (χ1) is 16.1. The molecule has 0 saturated carbocycles. The Morgan fingerprint density at radius 2 is 1.94 bits per heavy atom. The number of ether oxygens (including phenoxy) is 1. The van der Waals surface area contributed by atoms with Crippen molar-refractivity contribution in [2.24, 2.45) is 0 Å². The molecular weight excluding hydrogens is 436 g/mol. The van der Waals surface area contributed by atoms with Crippen molar-refractivity contribution in [2.75, 3.05) is 39.3 Å². The predicted octanol–water partition coefficient (Wildman–Crippen LogP) is 3.12. The van der Waals surface area contributed by atoms with E-state index >= 15 is 0 Å². The zero-order valence-electron chi connectivity index (χ0n) is 19.4. The van der Waals surface area contributed by atoms with Crippen LogP contribution in [0.25, 0.3) is 0 Å². The molecule has 0 unspecified atom stereocenters. The standard InChI is InChI=1S/C25H34N4O3S/c1-20-26-22(18-33-20)16-25(31)29-10-3-2-4-23(29)9-15-32-24-7-5-21(6-8-24)17-27-11-13-28(19-30)14-12-27/h5-8,18-19,23H,2-4,9-17H2,1H3/t23-/m1/s1. The van der Waals surface area contributed by atoms with Crippen LogP contribution >= 0.6 is 11.3 Å². The van der Waals surface area contributed by atoms with Crippen molar-refractivity contribution >= 4 is 23.7 Å². The zero-order chi connectivity index (χ0) is 23.0. The Hall–Kier alpha value is -2.45. The molecular formula is C25H34N4O3S. The van der Waals surface area contributed by atoms with Gasteiger partial charge in [0.1, 0.15) is 5.75 Å². The number of amides is 2. The van der Waals surface area contributed by atoms with Crippen LogP contribution in [-0.4, -0.2) is 77.4 Å². The molecule has 0 spiro atoms. The number of likely N-dealkylation sites (tertiary alicyclic amines) is 1. The molecule has 0 aliphatic carbocycles. The van der Waals surface area contributed by atoms with Gasteiger partial charge in [0.05, 0.1) is 23.7 Å². The quantitative estimate of drug-likeness (QED) is 0.527. The Kier molecular flexibility index (Phi) is 8.34. The van der Waals surface area contributed by atoms with E-state index in [1.165, 1.54) is 12.0 Å². The molecule has 8 heteroatoms. The Labute approximate surface area is 200 Å². The van der Waals surface area contributed by atoms with E-state index in [0.717, 1.165) is 81.4 Å². The molecule has 4 rings (SSSR count). The van der Waals surface area contributed by atoms with E-state index < -0.39 is 0 Å². The van der Waals surface area contributed by atoms with Gasteiger partial charge in [0.25, 0.3) is 0 Å². The molecule has 1 aromatic heterocycles. The topological polar surface area (TPSA) is 66.0 Å². The molecule has 33 heavy (non-hydrogen) atoms. The van der Waals surface area contributed by atoms with Crippen molar-refractivity contribution in [3.05, 3.63) is 45.9 Å². The minimum absolute atomic E-state index is 0.184. The fourth-order valence-electron chi connectivity index (χ4n) is 4.66. The number of hydrogen-bond donors (Lipinski definition) is 0. The highest BCUT2D eigenvalue weighted by Gasteiger charge is 2.27. The van der Waals surface area contributed by atoms with E-state index in [1.807, 2.05) is 29.3 Å². The fourth-order valence-corrected chi connectivity index (χ4v) is 5.28. The van der Waals surface area contributed by atoms with Crippen LogP contribution < -0.4 is 4.74 Å². The monoisotopic (exact) mass is 470 g/mol. The normalized spacial score (nSPS) is 19.5. The summed E-state index contributed by atoms with van der Waals surface area (Å²) in [6, 6.07) is 8.55.